The fraction of sp³-hybridized carbons (Fsp3) is 0.333. The van der Waals surface area contributed by atoms with Gasteiger partial charge in [-0.25, -0.2) is 9.97 Å². The topological polar surface area (TPSA) is 85.8 Å². The fourth-order valence-electron chi connectivity index (χ4n) is 1.84. The summed E-state index contributed by atoms with van der Waals surface area (Å²) < 4.78 is 2.77. The van der Waals surface area contributed by atoms with Gasteiger partial charge >= 0.3 is 0 Å². The largest absolute Gasteiger partial charge is 0.383 e. The van der Waals surface area contributed by atoms with Crippen molar-refractivity contribution < 1.29 is 0 Å². The Morgan fingerprint density at radius 2 is 2.18 bits per heavy atom. The number of hydrogen-bond donors (Lipinski definition) is 1. The van der Waals surface area contributed by atoms with Crippen LogP contribution in [0.25, 0.3) is 0 Å². The summed E-state index contributed by atoms with van der Waals surface area (Å²) in [6.07, 6.45) is 3.21. The number of nitrogen functional groups attached to an aromatic ring is 1. The molecule has 1 aliphatic rings. The molecule has 8 heteroatoms. The quantitative estimate of drug-likeness (QED) is 0.821. The molecule has 17 heavy (non-hydrogen) atoms. The Morgan fingerprint density at radius 3 is 3.06 bits per heavy atom. The van der Waals surface area contributed by atoms with Crippen LogP contribution < -0.4 is 10.6 Å². The van der Waals surface area contributed by atoms with Gasteiger partial charge < -0.3 is 15.2 Å². The number of rotatable bonds is 1. The van der Waals surface area contributed by atoms with Crippen molar-refractivity contribution in [2.75, 3.05) is 17.2 Å². The lowest BCUT2D eigenvalue weighted by molar-refractivity contribution is 0.555. The van der Waals surface area contributed by atoms with Crippen molar-refractivity contribution in [1.82, 2.24) is 24.7 Å². The summed E-state index contributed by atoms with van der Waals surface area (Å²) in [4.78, 5) is 10.3. The zero-order valence-corrected chi connectivity index (χ0v) is 10.5. The summed E-state index contributed by atoms with van der Waals surface area (Å²) in [5, 5.41) is 7.95. The van der Waals surface area contributed by atoms with Crippen LogP contribution in [0.15, 0.2) is 17.1 Å². The van der Waals surface area contributed by atoms with Gasteiger partial charge in [0.25, 0.3) is 0 Å². The van der Waals surface area contributed by atoms with E-state index in [-0.39, 0.29) is 0 Å². The molecule has 0 fully saturated rings. The third kappa shape index (κ3) is 1.74. The number of halogens is 1. The maximum atomic E-state index is 5.74. The standard InChI is InChI=1S/C9H10BrN7/c10-7-8(11)12-4-13-9(7)16-1-2-17-5-14-15-6(17)3-16/h4-5H,1-3H2,(H2,11,12,13). The second-order valence-corrected chi connectivity index (χ2v) is 4.55. The van der Waals surface area contributed by atoms with Gasteiger partial charge in [0.2, 0.25) is 0 Å². The first-order valence-electron chi connectivity index (χ1n) is 5.13. The maximum Gasteiger partial charge on any atom is 0.152 e. The molecule has 88 valence electrons. The van der Waals surface area contributed by atoms with Gasteiger partial charge in [-0.2, -0.15) is 0 Å². The van der Waals surface area contributed by atoms with Crippen LogP contribution >= 0.6 is 15.9 Å². The average molecular weight is 296 g/mol. The molecule has 0 amide bonds. The minimum Gasteiger partial charge on any atom is -0.383 e. The molecule has 2 aromatic rings. The van der Waals surface area contributed by atoms with Gasteiger partial charge in [-0.3, -0.25) is 0 Å². The van der Waals surface area contributed by atoms with E-state index in [1.54, 1.807) is 6.33 Å². The van der Waals surface area contributed by atoms with Gasteiger partial charge in [-0.15, -0.1) is 10.2 Å². The van der Waals surface area contributed by atoms with Gasteiger partial charge in [0.15, 0.2) is 5.82 Å². The van der Waals surface area contributed by atoms with E-state index in [0.29, 0.717) is 12.4 Å². The van der Waals surface area contributed by atoms with E-state index >= 15 is 0 Å². The summed E-state index contributed by atoms with van der Waals surface area (Å²) >= 11 is 3.41. The molecule has 0 saturated carbocycles. The molecule has 0 spiro atoms. The van der Waals surface area contributed by atoms with Crippen LogP contribution in [-0.4, -0.2) is 31.3 Å². The maximum absolute atomic E-state index is 5.74. The van der Waals surface area contributed by atoms with Gasteiger partial charge in [0.1, 0.15) is 28.8 Å². The Kier molecular flexibility index (Phi) is 2.43. The number of hydrogen-bond acceptors (Lipinski definition) is 6. The number of aromatic nitrogens is 5. The predicted octanol–water partition coefficient (Wildman–Crippen LogP) is 0.433. The van der Waals surface area contributed by atoms with Crippen LogP contribution in [0.2, 0.25) is 0 Å². The first-order valence-corrected chi connectivity index (χ1v) is 5.92. The Bertz CT molecular complexity index is 552. The summed E-state index contributed by atoms with van der Waals surface area (Å²) in [6.45, 7) is 2.37. The molecule has 2 N–H and O–H groups in total. The monoisotopic (exact) mass is 295 g/mol. The third-order valence-corrected chi connectivity index (χ3v) is 3.50. The smallest absolute Gasteiger partial charge is 0.152 e. The predicted molar refractivity (Wildman–Crippen MR) is 65.2 cm³/mol. The first-order chi connectivity index (χ1) is 8.25. The van der Waals surface area contributed by atoms with Crippen LogP contribution in [0.5, 0.6) is 0 Å². The Balaban J connectivity index is 1.94. The lowest BCUT2D eigenvalue weighted by Crippen LogP contribution is -2.34. The van der Waals surface area contributed by atoms with Crippen LogP contribution in [0, 0.1) is 0 Å². The van der Waals surface area contributed by atoms with Gasteiger partial charge in [0.05, 0.1) is 6.54 Å². The van der Waals surface area contributed by atoms with Crippen molar-refractivity contribution >= 4 is 27.6 Å². The van der Waals surface area contributed by atoms with Crippen molar-refractivity contribution in [2.24, 2.45) is 0 Å². The van der Waals surface area contributed by atoms with Crippen LogP contribution in [0.3, 0.4) is 0 Å². The molecule has 3 heterocycles. The summed E-state index contributed by atoms with van der Waals surface area (Å²) in [5.41, 5.74) is 5.74. The summed E-state index contributed by atoms with van der Waals surface area (Å²) in [7, 11) is 0. The minimum atomic E-state index is 0.446. The average Bonchev–Trinajstić information content (AvgIpc) is 2.79. The Labute approximate surface area is 106 Å². The molecular weight excluding hydrogens is 286 g/mol. The molecule has 1 aliphatic heterocycles. The molecule has 0 bridgehead atoms. The molecular formula is C9H10BrN7. The highest BCUT2D eigenvalue weighted by molar-refractivity contribution is 9.10. The lowest BCUT2D eigenvalue weighted by Gasteiger charge is -2.28. The van der Waals surface area contributed by atoms with Crippen molar-refractivity contribution in [3.63, 3.8) is 0 Å². The lowest BCUT2D eigenvalue weighted by atomic mass is 10.3. The molecule has 2 aromatic heterocycles. The van der Waals surface area contributed by atoms with Crippen LogP contribution in [0.4, 0.5) is 11.6 Å². The molecule has 0 aromatic carbocycles. The van der Waals surface area contributed by atoms with Gasteiger partial charge in [0, 0.05) is 13.1 Å². The fourth-order valence-corrected chi connectivity index (χ4v) is 2.30. The van der Waals surface area contributed by atoms with Crippen LogP contribution in [-0.2, 0) is 13.1 Å². The van der Waals surface area contributed by atoms with Gasteiger partial charge in [-0.1, -0.05) is 0 Å². The third-order valence-electron chi connectivity index (χ3n) is 2.74. The van der Waals surface area contributed by atoms with E-state index in [1.807, 2.05) is 4.57 Å². The number of fused-ring (bicyclic) bond motifs is 1. The second kappa shape index (κ2) is 3.95. The first kappa shape index (κ1) is 10.5. The summed E-state index contributed by atoms with van der Waals surface area (Å²) in [5.74, 6) is 2.18. The van der Waals surface area contributed by atoms with E-state index in [1.165, 1.54) is 6.33 Å². The van der Waals surface area contributed by atoms with Crippen molar-refractivity contribution in [2.45, 2.75) is 13.1 Å². The highest BCUT2D eigenvalue weighted by atomic mass is 79.9. The van der Waals surface area contributed by atoms with E-state index in [0.717, 1.165) is 29.2 Å². The number of nitrogens with zero attached hydrogens (tertiary/aromatic N) is 6. The highest BCUT2D eigenvalue weighted by Crippen LogP contribution is 2.29. The molecule has 0 atom stereocenters. The zero-order valence-electron chi connectivity index (χ0n) is 8.91. The number of nitrogens with two attached hydrogens (primary N) is 1. The summed E-state index contributed by atoms with van der Waals surface area (Å²) in [6, 6.07) is 0. The van der Waals surface area contributed by atoms with Crippen molar-refractivity contribution in [3.8, 4) is 0 Å². The number of anilines is 2. The van der Waals surface area contributed by atoms with Crippen molar-refractivity contribution in [1.29, 1.82) is 0 Å². The van der Waals surface area contributed by atoms with E-state index in [9.17, 15) is 0 Å². The van der Waals surface area contributed by atoms with Crippen LogP contribution in [0.1, 0.15) is 5.82 Å². The Hall–Kier alpha value is -1.70. The zero-order chi connectivity index (χ0) is 11.8. The molecule has 0 saturated heterocycles. The van der Waals surface area contributed by atoms with E-state index < -0.39 is 0 Å². The molecule has 0 unspecified atom stereocenters. The molecule has 7 nitrogen and oxygen atoms in total. The van der Waals surface area contributed by atoms with Crippen molar-refractivity contribution in [3.05, 3.63) is 23.0 Å². The highest BCUT2D eigenvalue weighted by Gasteiger charge is 2.21. The second-order valence-electron chi connectivity index (χ2n) is 3.76. The molecule has 3 rings (SSSR count). The normalized spacial score (nSPS) is 14.8. The van der Waals surface area contributed by atoms with Gasteiger partial charge in [-0.05, 0) is 15.9 Å². The Morgan fingerprint density at radius 1 is 1.29 bits per heavy atom. The SMILES string of the molecule is Nc1ncnc(N2CCn3cnnc3C2)c1Br. The minimum absolute atomic E-state index is 0.446. The molecule has 0 radical (unpaired) electrons. The van der Waals surface area contributed by atoms with E-state index in [2.05, 4.69) is 41.0 Å². The van der Waals surface area contributed by atoms with E-state index in [4.69, 9.17) is 5.73 Å². The molecule has 0 aliphatic carbocycles.